The third-order valence-corrected chi connectivity index (χ3v) is 3.90. The van der Waals surface area contributed by atoms with Gasteiger partial charge in [0.25, 0.3) is 5.91 Å². The Balaban J connectivity index is 1.55. The van der Waals surface area contributed by atoms with Crippen molar-refractivity contribution < 1.29 is 4.79 Å². The van der Waals surface area contributed by atoms with Crippen molar-refractivity contribution in [2.24, 2.45) is 5.92 Å². The Hall–Kier alpha value is -2.10. The minimum atomic E-state index is 0.0301. The maximum Gasteiger partial charge on any atom is 0.251 e. The average Bonchev–Trinajstić information content (AvgIpc) is 2.90. The summed E-state index contributed by atoms with van der Waals surface area (Å²) in [6, 6.07) is 9.64. The van der Waals surface area contributed by atoms with Crippen molar-refractivity contribution in [3.63, 3.8) is 0 Å². The van der Waals surface area contributed by atoms with Crippen LogP contribution < -0.4 is 5.32 Å². The van der Waals surface area contributed by atoms with Crippen LogP contribution in [0.25, 0.3) is 0 Å². The normalized spacial score (nSPS) is 14.8. The van der Waals surface area contributed by atoms with Crippen molar-refractivity contribution in [3.05, 3.63) is 53.9 Å². The molecule has 0 bridgehead atoms. The smallest absolute Gasteiger partial charge is 0.251 e. The third kappa shape index (κ3) is 3.07. The molecule has 0 unspecified atom stereocenters. The van der Waals surface area contributed by atoms with Crippen molar-refractivity contribution >= 4 is 5.91 Å². The molecule has 1 aliphatic rings. The molecule has 3 rings (SSSR count). The van der Waals surface area contributed by atoms with Crippen LogP contribution in [0, 0.1) is 5.92 Å². The number of nitrogens with one attached hydrogen (secondary N) is 1. The largest absolute Gasteiger partial charge is 0.352 e. The van der Waals surface area contributed by atoms with Gasteiger partial charge in [0.2, 0.25) is 0 Å². The van der Waals surface area contributed by atoms with E-state index in [0.29, 0.717) is 5.92 Å². The van der Waals surface area contributed by atoms with Gasteiger partial charge >= 0.3 is 0 Å². The Bertz CT molecular complexity index is 556. The first-order valence-electron chi connectivity index (χ1n) is 7.16. The van der Waals surface area contributed by atoms with Crippen LogP contribution >= 0.6 is 0 Å². The van der Waals surface area contributed by atoms with Crippen LogP contribution in [0.3, 0.4) is 0 Å². The fraction of sp³-hybridized carbons (Fsp3) is 0.375. The van der Waals surface area contributed by atoms with Gasteiger partial charge in [0.05, 0.1) is 6.54 Å². The lowest BCUT2D eigenvalue weighted by Gasteiger charge is -2.25. The van der Waals surface area contributed by atoms with E-state index in [9.17, 15) is 4.79 Å². The highest BCUT2D eigenvalue weighted by Gasteiger charge is 2.18. The highest BCUT2D eigenvalue weighted by atomic mass is 16.1. The molecule has 20 heavy (non-hydrogen) atoms. The first-order valence-corrected chi connectivity index (χ1v) is 7.16. The summed E-state index contributed by atoms with van der Waals surface area (Å²) in [7, 11) is 0. The maximum absolute atomic E-state index is 12.0. The molecule has 1 N–H and O–H groups in total. The van der Waals surface area contributed by atoms with Gasteiger partial charge in [-0.2, -0.15) is 5.10 Å². The molecule has 1 aliphatic carbocycles. The van der Waals surface area contributed by atoms with Crippen LogP contribution in [-0.4, -0.2) is 22.2 Å². The van der Waals surface area contributed by atoms with Crippen molar-refractivity contribution in [2.75, 3.05) is 6.54 Å². The molecule has 2 aromatic rings. The summed E-state index contributed by atoms with van der Waals surface area (Å²) < 4.78 is 1.87. The molecule has 0 radical (unpaired) electrons. The lowest BCUT2D eigenvalue weighted by molar-refractivity contribution is 0.0939. The van der Waals surface area contributed by atoms with E-state index in [0.717, 1.165) is 24.2 Å². The molecule has 1 aromatic carbocycles. The quantitative estimate of drug-likeness (QED) is 0.906. The molecule has 0 aliphatic heterocycles. The number of carbonyl (C=O) groups excluding carboxylic acids is 1. The number of hydrogen-bond donors (Lipinski definition) is 1. The summed E-state index contributed by atoms with van der Waals surface area (Å²) in [5.74, 6) is 0.723. The van der Waals surface area contributed by atoms with E-state index in [1.807, 2.05) is 41.2 Å². The molecule has 0 saturated heterocycles. The minimum Gasteiger partial charge on any atom is -0.352 e. The monoisotopic (exact) mass is 269 g/mol. The van der Waals surface area contributed by atoms with Gasteiger partial charge in [0.15, 0.2) is 0 Å². The molecule has 0 spiro atoms. The molecule has 1 aromatic heterocycles. The lowest BCUT2D eigenvalue weighted by atomic mass is 9.85. The second kappa shape index (κ2) is 5.90. The van der Waals surface area contributed by atoms with E-state index < -0.39 is 0 Å². The number of benzene rings is 1. The van der Waals surface area contributed by atoms with E-state index in [1.54, 1.807) is 6.20 Å². The van der Waals surface area contributed by atoms with Gasteiger partial charge in [-0.3, -0.25) is 9.48 Å². The van der Waals surface area contributed by atoms with Crippen LogP contribution in [-0.2, 0) is 6.54 Å². The predicted octanol–water partition coefficient (Wildman–Crippen LogP) is 2.46. The zero-order chi connectivity index (χ0) is 13.8. The Morgan fingerprint density at radius 2 is 2.10 bits per heavy atom. The summed E-state index contributed by atoms with van der Waals surface area (Å²) in [4.78, 5) is 12.0. The van der Waals surface area contributed by atoms with E-state index in [2.05, 4.69) is 10.4 Å². The van der Waals surface area contributed by atoms with Crippen LogP contribution in [0.5, 0.6) is 0 Å². The molecular weight excluding hydrogens is 250 g/mol. The number of amides is 1. The summed E-state index contributed by atoms with van der Waals surface area (Å²) in [6.45, 7) is 1.55. The number of carbonyl (C=O) groups is 1. The van der Waals surface area contributed by atoms with E-state index in [4.69, 9.17) is 0 Å². The van der Waals surface area contributed by atoms with Crippen LogP contribution in [0.1, 0.15) is 35.2 Å². The number of aromatic nitrogens is 2. The Morgan fingerprint density at radius 3 is 2.70 bits per heavy atom. The summed E-state index contributed by atoms with van der Waals surface area (Å²) >= 11 is 0. The highest BCUT2D eigenvalue weighted by Crippen LogP contribution is 2.25. The Labute approximate surface area is 118 Å². The van der Waals surface area contributed by atoms with Crippen LogP contribution in [0.2, 0.25) is 0 Å². The van der Waals surface area contributed by atoms with Gasteiger partial charge < -0.3 is 5.32 Å². The van der Waals surface area contributed by atoms with Gasteiger partial charge in [-0.1, -0.05) is 18.6 Å². The average molecular weight is 269 g/mol. The van der Waals surface area contributed by atoms with Gasteiger partial charge in [-0.25, -0.2) is 0 Å². The van der Waals surface area contributed by atoms with Crippen molar-refractivity contribution in [1.82, 2.24) is 15.1 Å². The highest BCUT2D eigenvalue weighted by molar-refractivity contribution is 5.94. The molecule has 1 saturated carbocycles. The van der Waals surface area contributed by atoms with Gasteiger partial charge in [-0.15, -0.1) is 0 Å². The first-order chi connectivity index (χ1) is 9.81. The third-order valence-electron chi connectivity index (χ3n) is 3.90. The summed E-state index contributed by atoms with van der Waals surface area (Å²) in [5.41, 5.74) is 1.87. The molecule has 1 fully saturated rings. The van der Waals surface area contributed by atoms with E-state index >= 15 is 0 Å². The zero-order valence-corrected chi connectivity index (χ0v) is 11.5. The number of hydrogen-bond acceptors (Lipinski definition) is 2. The Morgan fingerprint density at radius 1 is 1.30 bits per heavy atom. The SMILES string of the molecule is O=C(NCC1CCC1)c1ccc(Cn2cccn2)cc1. The first kappa shape index (κ1) is 12.9. The summed E-state index contributed by atoms with van der Waals surface area (Å²) in [5, 5.41) is 7.18. The lowest BCUT2D eigenvalue weighted by Crippen LogP contribution is -2.32. The predicted molar refractivity (Wildman–Crippen MR) is 77.4 cm³/mol. The van der Waals surface area contributed by atoms with Gasteiger partial charge in [0.1, 0.15) is 0 Å². The maximum atomic E-state index is 12.0. The van der Waals surface area contributed by atoms with Crippen molar-refractivity contribution in [2.45, 2.75) is 25.8 Å². The molecule has 4 nitrogen and oxygen atoms in total. The molecule has 1 heterocycles. The number of rotatable bonds is 5. The van der Waals surface area contributed by atoms with E-state index in [1.165, 1.54) is 19.3 Å². The van der Waals surface area contributed by atoms with Crippen molar-refractivity contribution in [3.8, 4) is 0 Å². The molecule has 0 atom stereocenters. The standard InChI is InChI=1S/C16H19N3O/c20-16(17-11-13-3-1-4-13)15-7-5-14(6-8-15)12-19-10-2-9-18-19/h2,5-10,13H,1,3-4,11-12H2,(H,17,20). The summed E-state index contributed by atoms with van der Waals surface area (Å²) in [6.07, 6.45) is 7.51. The second-order valence-corrected chi connectivity index (χ2v) is 5.41. The minimum absolute atomic E-state index is 0.0301. The van der Waals surface area contributed by atoms with Crippen molar-refractivity contribution in [1.29, 1.82) is 0 Å². The van der Waals surface area contributed by atoms with Crippen LogP contribution in [0.15, 0.2) is 42.7 Å². The topological polar surface area (TPSA) is 46.9 Å². The molecule has 4 heteroatoms. The zero-order valence-electron chi connectivity index (χ0n) is 11.5. The van der Waals surface area contributed by atoms with Gasteiger partial charge in [-0.05, 0) is 42.5 Å². The number of nitrogens with zero attached hydrogens (tertiary/aromatic N) is 2. The van der Waals surface area contributed by atoms with Crippen LogP contribution in [0.4, 0.5) is 0 Å². The Kier molecular flexibility index (Phi) is 3.81. The molecule has 104 valence electrons. The van der Waals surface area contributed by atoms with E-state index in [-0.39, 0.29) is 5.91 Å². The second-order valence-electron chi connectivity index (χ2n) is 5.41. The fourth-order valence-corrected chi connectivity index (χ4v) is 2.38. The molecule has 1 amide bonds. The van der Waals surface area contributed by atoms with Gasteiger partial charge in [0, 0.05) is 24.5 Å². The fourth-order valence-electron chi connectivity index (χ4n) is 2.38. The molecular formula is C16H19N3O.